The molecule has 114 valence electrons. The monoisotopic (exact) mass is 329 g/mol. The van der Waals surface area contributed by atoms with E-state index in [1.807, 2.05) is 13.8 Å². The van der Waals surface area contributed by atoms with Gasteiger partial charge in [-0.3, -0.25) is 10.1 Å². The Balaban J connectivity index is 2.20. The van der Waals surface area contributed by atoms with Crippen LogP contribution in [0.25, 0.3) is 0 Å². The Labute approximate surface area is 126 Å². The maximum absolute atomic E-state index is 12.0. The lowest BCUT2D eigenvalue weighted by Gasteiger charge is -2.07. The van der Waals surface area contributed by atoms with Crippen molar-refractivity contribution in [3.8, 4) is 0 Å². The van der Waals surface area contributed by atoms with Gasteiger partial charge in [-0.25, -0.2) is 17.7 Å². The Kier molecular flexibility index (Phi) is 4.17. The molecule has 1 N–H and O–H groups in total. The van der Waals surface area contributed by atoms with E-state index in [2.05, 4.69) is 10.3 Å². The van der Waals surface area contributed by atoms with Crippen molar-refractivity contribution in [3.63, 3.8) is 0 Å². The van der Waals surface area contributed by atoms with Crippen molar-refractivity contribution in [2.45, 2.75) is 18.9 Å². The van der Waals surface area contributed by atoms with Crippen molar-refractivity contribution in [2.24, 2.45) is 0 Å². The van der Waals surface area contributed by atoms with Gasteiger partial charge < -0.3 is 4.42 Å². The number of thiazole rings is 1. The highest BCUT2D eigenvalue weighted by molar-refractivity contribution is 7.88. The first kappa shape index (κ1) is 15.7. The molecule has 1 amide bonds. The van der Waals surface area contributed by atoms with E-state index in [-0.39, 0.29) is 10.9 Å². The Morgan fingerprint density at radius 1 is 1.33 bits per heavy atom. The van der Waals surface area contributed by atoms with Crippen LogP contribution < -0.4 is 5.32 Å². The Bertz CT molecular complexity index is 755. The number of anilines is 1. The number of rotatable bonds is 4. The lowest BCUT2D eigenvalue weighted by Crippen LogP contribution is -2.21. The molecular weight excluding hydrogens is 314 g/mol. The van der Waals surface area contributed by atoms with Crippen molar-refractivity contribution >= 4 is 32.4 Å². The first-order valence-corrected chi connectivity index (χ1v) is 8.25. The van der Waals surface area contributed by atoms with Crippen LogP contribution in [-0.4, -0.2) is 37.7 Å². The molecule has 0 radical (unpaired) electrons. The molecule has 2 heterocycles. The van der Waals surface area contributed by atoms with Crippen LogP contribution in [0.3, 0.4) is 0 Å². The summed E-state index contributed by atoms with van der Waals surface area (Å²) in [5.74, 6) is -0.620. The molecule has 21 heavy (non-hydrogen) atoms. The van der Waals surface area contributed by atoms with Gasteiger partial charge in [-0.05, 0) is 26.0 Å². The predicted octanol–water partition coefficient (Wildman–Crippen LogP) is 1.86. The summed E-state index contributed by atoms with van der Waals surface area (Å²) in [5.41, 5.74) is 0.839. The first-order valence-electron chi connectivity index (χ1n) is 5.99. The van der Waals surface area contributed by atoms with Crippen LogP contribution in [-0.2, 0) is 10.0 Å². The van der Waals surface area contributed by atoms with E-state index in [0.29, 0.717) is 5.13 Å². The van der Waals surface area contributed by atoms with Crippen molar-refractivity contribution in [3.05, 3.63) is 28.5 Å². The Morgan fingerprint density at radius 3 is 2.52 bits per heavy atom. The fourth-order valence-electron chi connectivity index (χ4n) is 1.45. The number of aromatic nitrogens is 1. The van der Waals surface area contributed by atoms with E-state index in [1.165, 1.54) is 37.6 Å². The fraction of sp³-hybridized carbons (Fsp3) is 0.333. The summed E-state index contributed by atoms with van der Waals surface area (Å²) in [5, 5.41) is 2.75. The third-order valence-electron chi connectivity index (χ3n) is 2.79. The van der Waals surface area contributed by atoms with E-state index in [4.69, 9.17) is 4.42 Å². The maximum atomic E-state index is 12.0. The standard InChI is InChI=1S/C12H15N3O4S2/c1-7-8(2)20-12(13-7)14-11(16)9-5-6-10(19-9)21(17,18)15(3)4/h5-6H,1-4H3,(H,13,14,16). The minimum Gasteiger partial charge on any atom is -0.438 e. The van der Waals surface area contributed by atoms with Gasteiger partial charge in [0.2, 0.25) is 5.09 Å². The number of carbonyl (C=O) groups is 1. The zero-order chi connectivity index (χ0) is 15.8. The maximum Gasteiger partial charge on any atom is 0.293 e. The third-order valence-corrected chi connectivity index (χ3v) is 5.47. The largest absolute Gasteiger partial charge is 0.438 e. The highest BCUT2D eigenvalue weighted by Crippen LogP contribution is 2.23. The zero-order valence-corrected chi connectivity index (χ0v) is 13.6. The quantitative estimate of drug-likeness (QED) is 0.924. The second kappa shape index (κ2) is 5.58. The number of hydrogen-bond acceptors (Lipinski definition) is 6. The van der Waals surface area contributed by atoms with Crippen LogP contribution in [0.15, 0.2) is 21.6 Å². The van der Waals surface area contributed by atoms with Gasteiger partial charge in [-0.15, -0.1) is 11.3 Å². The lowest BCUT2D eigenvalue weighted by atomic mass is 10.4. The minimum absolute atomic E-state index is 0.0825. The van der Waals surface area contributed by atoms with Crippen molar-refractivity contribution in [1.82, 2.24) is 9.29 Å². The number of carbonyl (C=O) groups excluding carboxylic acids is 1. The second-order valence-corrected chi connectivity index (χ2v) is 7.81. The first-order chi connectivity index (χ1) is 9.71. The van der Waals surface area contributed by atoms with Gasteiger partial charge >= 0.3 is 0 Å². The molecule has 0 saturated heterocycles. The van der Waals surface area contributed by atoms with Crippen molar-refractivity contribution in [1.29, 1.82) is 0 Å². The second-order valence-electron chi connectivity index (χ2n) is 4.52. The Morgan fingerprint density at radius 2 is 2.00 bits per heavy atom. The molecule has 2 aromatic heterocycles. The highest BCUT2D eigenvalue weighted by Gasteiger charge is 2.23. The van der Waals surface area contributed by atoms with E-state index in [0.717, 1.165) is 14.9 Å². The molecule has 0 saturated carbocycles. The summed E-state index contributed by atoms with van der Waals surface area (Å²) in [6, 6.07) is 2.57. The molecule has 0 atom stereocenters. The molecular formula is C12H15N3O4S2. The molecule has 2 aromatic rings. The molecule has 0 aliphatic heterocycles. The number of nitrogens with one attached hydrogen (secondary N) is 1. The van der Waals surface area contributed by atoms with Crippen molar-refractivity contribution in [2.75, 3.05) is 19.4 Å². The number of sulfonamides is 1. The summed E-state index contributed by atoms with van der Waals surface area (Å²) in [4.78, 5) is 17.2. The molecule has 0 spiro atoms. The van der Waals surface area contributed by atoms with Crippen LogP contribution in [0.1, 0.15) is 21.1 Å². The van der Waals surface area contributed by atoms with Gasteiger partial charge in [0.25, 0.3) is 15.9 Å². The van der Waals surface area contributed by atoms with E-state index < -0.39 is 15.9 Å². The Hall–Kier alpha value is -1.71. The normalized spacial score (nSPS) is 11.9. The summed E-state index contributed by atoms with van der Waals surface area (Å²) >= 11 is 1.34. The van der Waals surface area contributed by atoms with Gasteiger partial charge in [0, 0.05) is 19.0 Å². The van der Waals surface area contributed by atoms with Gasteiger partial charge in [-0.1, -0.05) is 0 Å². The lowest BCUT2D eigenvalue weighted by molar-refractivity contribution is 0.0991. The molecule has 2 rings (SSSR count). The zero-order valence-electron chi connectivity index (χ0n) is 12.0. The molecule has 0 aliphatic rings. The highest BCUT2D eigenvalue weighted by atomic mass is 32.2. The van der Waals surface area contributed by atoms with Crippen LogP contribution in [0, 0.1) is 13.8 Å². The molecule has 0 fully saturated rings. The van der Waals surface area contributed by atoms with Gasteiger partial charge in [0.1, 0.15) is 0 Å². The van der Waals surface area contributed by atoms with E-state index >= 15 is 0 Å². The molecule has 7 nitrogen and oxygen atoms in total. The molecule has 0 aromatic carbocycles. The van der Waals surface area contributed by atoms with E-state index in [1.54, 1.807) is 0 Å². The fourth-order valence-corrected chi connectivity index (χ4v) is 3.05. The van der Waals surface area contributed by atoms with Crippen LogP contribution in [0.4, 0.5) is 5.13 Å². The average molecular weight is 329 g/mol. The molecule has 9 heteroatoms. The van der Waals surface area contributed by atoms with Crippen LogP contribution >= 0.6 is 11.3 Å². The van der Waals surface area contributed by atoms with Gasteiger partial charge in [0.05, 0.1) is 5.69 Å². The number of nitrogens with zero attached hydrogens (tertiary/aromatic N) is 2. The third kappa shape index (κ3) is 3.14. The van der Waals surface area contributed by atoms with Crippen LogP contribution in [0.5, 0.6) is 0 Å². The van der Waals surface area contributed by atoms with Crippen molar-refractivity contribution < 1.29 is 17.6 Å². The molecule has 0 aliphatic carbocycles. The molecule has 0 unspecified atom stereocenters. The summed E-state index contributed by atoms with van der Waals surface area (Å²) in [6.45, 7) is 3.74. The number of amides is 1. The predicted molar refractivity (Wildman–Crippen MR) is 79.1 cm³/mol. The topological polar surface area (TPSA) is 92.5 Å². The van der Waals surface area contributed by atoms with Crippen LogP contribution in [0.2, 0.25) is 0 Å². The number of hydrogen-bond donors (Lipinski definition) is 1. The molecule has 0 bridgehead atoms. The van der Waals surface area contributed by atoms with E-state index in [9.17, 15) is 13.2 Å². The smallest absolute Gasteiger partial charge is 0.293 e. The number of furan rings is 1. The van der Waals surface area contributed by atoms with Gasteiger partial charge in [-0.2, -0.15) is 0 Å². The summed E-state index contributed by atoms with van der Waals surface area (Å²) in [6.07, 6.45) is 0. The minimum atomic E-state index is -3.69. The average Bonchev–Trinajstić information content (AvgIpc) is 2.97. The van der Waals surface area contributed by atoms with Gasteiger partial charge in [0.15, 0.2) is 10.9 Å². The summed E-state index contributed by atoms with van der Waals surface area (Å²) in [7, 11) is -0.916. The SMILES string of the molecule is Cc1nc(NC(=O)c2ccc(S(=O)(=O)N(C)C)o2)sc1C. The summed E-state index contributed by atoms with van der Waals surface area (Å²) < 4.78 is 29.9. The number of aryl methyl sites for hydroxylation is 2.